The Kier molecular flexibility index (Phi) is 5.69. The van der Waals surface area contributed by atoms with Crippen molar-refractivity contribution in [2.24, 2.45) is 5.92 Å². The number of sulfonamides is 1. The lowest BCUT2D eigenvalue weighted by molar-refractivity contribution is 0.0695. The van der Waals surface area contributed by atoms with Gasteiger partial charge in [0.25, 0.3) is 0 Å². The first-order chi connectivity index (χ1) is 9.15. The lowest BCUT2D eigenvalue weighted by atomic mass is 10.1. The molecule has 0 aromatic heterocycles. The lowest BCUT2D eigenvalue weighted by Gasteiger charge is -2.15. The zero-order valence-electron chi connectivity index (χ0n) is 11.0. The number of aliphatic hydroxyl groups excluding tert-OH is 1. The molecule has 0 saturated heterocycles. The van der Waals surface area contributed by atoms with Crippen molar-refractivity contribution in [3.63, 3.8) is 0 Å². The van der Waals surface area contributed by atoms with E-state index in [-0.39, 0.29) is 22.9 Å². The average Bonchev–Trinajstić information content (AvgIpc) is 2.35. The first kappa shape index (κ1) is 17.1. The van der Waals surface area contributed by atoms with Crippen molar-refractivity contribution in [1.82, 2.24) is 4.72 Å². The number of carboxylic acid groups (broad SMARTS) is 1. The van der Waals surface area contributed by atoms with Gasteiger partial charge in [0.05, 0.1) is 16.6 Å². The summed E-state index contributed by atoms with van der Waals surface area (Å²) in [5, 5.41) is 18.6. The third-order valence-electron chi connectivity index (χ3n) is 2.73. The van der Waals surface area contributed by atoms with Crippen LogP contribution in [0.5, 0.6) is 0 Å². The third-order valence-corrected chi connectivity index (χ3v) is 4.84. The Hall–Kier alpha value is -0.960. The molecule has 0 radical (unpaired) electrons. The molecule has 0 aliphatic rings. The molecule has 1 atom stereocenters. The smallest absolute Gasteiger partial charge is 0.336 e. The maximum absolute atomic E-state index is 12.0. The van der Waals surface area contributed by atoms with Crippen molar-refractivity contribution in [2.45, 2.75) is 24.8 Å². The molecule has 0 aliphatic heterocycles. The minimum atomic E-state index is -3.86. The maximum Gasteiger partial charge on any atom is 0.336 e. The van der Waals surface area contributed by atoms with E-state index in [9.17, 15) is 18.3 Å². The molecule has 0 bridgehead atoms. The van der Waals surface area contributed by atoms with E-state index in [1.165, 1.54) is 12.1 Å². The van der Waals surface area contributed by atoms with Gasteiger partial charge in [-0.25, -0.2) is 17.9 Å². The Morgan fingerprint density at radius 2 is 2.00 bits per heavy atom. The highest BCUT2D eigenvalue weighted by atomic mass is 79.9. The van der Waals surface area contributed by atoms with E-state index in [0.29, 0.717) is 4.47 Å². The number of aromatic carboxylic acids is 1. The molecular formula is C12H16BrNO5S. The number of halogens is 1. The minimum absolute atomic E-state index is 0.0859. The van der Waals surface area contributed by atoms with Crippen LogP contribution in [0, 0.1) is 5.92 Å². The van der Waals surface area contributed by atoms with Gasteiger partial charge in [-0.15, -0.1) is 0 Å². The minimum Gasteiger partial charge on any atom is -0.478 e. The molecule has 8 heteroatoms. The predicted octanol–water partition coefficient (Wildman–Crippen LogP) is 1.44. The second kappa shape index (κ2) is 6.66. The molecule has 3 N–H and O–H groups in total. The molecule has 0 amide bonds. The lowest BCUT2D eigenvalue weighted by Crippen LogP contribution is -2.34. The van der Waals surface area contributed by atoms with Gasteiger partial charge in [-0.05, 0) is 40.0 Å². The Morgan fingerprint density at radius 1 is 1.40 bits per heavy atom. The van der Waals surface area contributed by atoms with Crippen LogP contribution in [0.1, 0.15) is 24.2 Å². The van der Waals surface area contributed by atoms with Gasteiger partial charge < -0.3 is 10.2 Å². The highest BCUT2D eigenvalue weighted by Gasteiger charge is 2.20. The number of carboxylic acids is 1. The van der Waals surface area contributed by atoms with E-state index in [0.717, 1.165) is 6.07 Å². The summed E-state index contributed by atoms with van der Waals surface area (Å²) >= 11 is 3.04. The van der Waals surface area contributed by atoms with Crippen LogP contribution in [0.2, 0.25) is 0 Å². The van der Waals surface area contributed by atoms with Crippen LogP contribution in [0.4, 0.5) is 0 Å². The normalized spacial score (nSPS) is 13.4. The Bertz CT molecular complexity index is 600. The van der Waals surface area contributed by atoms with Crippen molar-refractivity contribution < 1.29 is 23.4 Å². The molecule has 20 heavy (non-hydrogen) atoms. The number of carbonyl (C=O) groups is 1. The van der Waals surface area contributed by atoms with Crippen LogP contribution in [0.3, 0.4) is 0 Å². The van der Waals surface area contributed by atoms with Gasteiger partial charge in [0.2, 0.25) is 10.0 Å². The highest BCUT2D eigenvalue weighted by molar-refractivity contribution is 9.10. The Morgan fingerprint density at radius 3 is 2.50 bits per heavy atom. The molecule has 0 saturated carbocycles. The molecule has 0 heterocycles. The summed E-state index contributed by atoms with van der Waals surface area (Å²) in [6.07, 6.45) is -0.806. The third kappa shape index (κ3) is 4.27. The molecule has 1 unspecified atom stereocenters. The van der Waals surface area contributed by atoms with E-state index < -0.39 is 22.1 Å². The van der Waals surface area contributed by atoms with Gasteiger partial charge >= 0.3 is 5.97 Å². The molecule has 1 rings (SSSR count). The van der Waals surface area contributed by atoms with Gasteiger partial charge in [-0.3, -0.25) is 0 Å². The second-order valence-corrected chi connectivity index (χ2v) is 7.23. The van der Waals surface area contributed by atoms with E-state index in [2.05, 4.69) is 20.7 Å². The number of aliphatic hydroxyl groups is 1. The van der Waals surface area contributed by atoms with E-state index in [1.54, 1.807) is 13.8 Å². The van der Waals surface area contributed by atoms with Gasteiger partial charge in [0.1, 0.15) is 0 Å². The van der Waals surface area contributed by atoms with Gasteiger partial charge in [-0.1, -0.05) is 13.8 Å². The van der Waals surface area contributed by atoms with Gasteiger partial charge in [-0.2, -0.15) is 0 Å². The predicted molar refractivity (Wildman–Crippen MR) is 77.1 cm³/mol. The van der Waals surface area contributed by atoms with Crippen LogP contribution < -0.4 is 4.72 Å². The number of rotatable bonds is 6. The molecule has 112 valence electrons. The summed E-state index contributed by atoms with van der Waals surface area (Å²) in [5.41, 5.74) is -0.141. The highest BCUT2D eigenvalue weighted by Crippen LogP contribution is 2.21. The number of hydrogen-bond donors (Lipinski definition) is 3. The van der Waals surface area contributed by atoms with E-state index in [1.807, 2.05) is 0 Å². The summed E-state index contributed by atoms with van der Waals surface area (Å²) in [6.45, 7) is 3.40. The fraction of sp³-hybridized carbons (Fsp3) is 0.417. The fourth-order valence-electron chi connectivity index (χ4n) is 1.35. The summed E-state index contributed by atoms with van der Waals surface area (Å²) < 4.78 is 26.6. The van der Waals surface area contributed by atoms with Crippen LogP contribution >= 0.6 is 15.9 Å². The van der Waals surface area contributed by atoms with Crippen LogP contribution in [0.25, 0.3) is 0 Å². The largest absolute Gasteiger partial charge is 0.478 e. The molecule has 0 fully saturated rings. The van der Waals surface area contributed by atoms with Crippen LogP contribution in [-0.4, -0.2) is 37.2 Å². The number of benzene rings is 1. The topological polar surface area (TPSA) is 104 Å². The first-order valence-electron chi connectivity index (χ1n) is 5.85. The van der Waals surface area contributed by atoms with Crippen LogP contribution in [-0.2, 0) is 10.0 Å². The summed E-state index contributed by atoms with van der Waals surface area (Å²) in [6, 6.07) is 3.72. The van der Waals surface area contributed by atoms with Crippen molar-refractivity contribution >= 4 is 31.9 Å². The molecular weight excluding hydrogens is 350 g/mol. The standard InChI is InChI=1S/C12H16BrNO5S/c1-7(2)11(15)6-14-20(18,19)8-3-4-10(13)9(5-8)12(16)17/h3-5,7,11,14-15H,6H2,1-2H3,(H,16,17). The van der Waals surface area contributed by atoms with E-state index in [4.69, 9.17) is 5.11 Å². The van der Waals surface area contributed by atoms with Gasteiger partial charge in [0, 0.05) is 11.0 Å². The van der Waals surface area contributed by atoms with Crippen molar-refractivity contribution in [3.8, 4) is 0 Å². The van der Waals surface area contributed by atoms with Crippen LogP contribution in [0.15, 0.2) is 27.6 Å². The first-order valence-corrected chi connectivity index (χ1v) is 8.13. The van der Waals surface area contributed by atoms with E-state index >= 15 is 0 Å². The monoisotopic (exact) mass is 365 g/mol. The molecule has 0 aliphatic carbocycles. The molecule has 1 aromatic carbocycles. The summed E-state index contributed by atoms with van der Waals surface area (Å²) in [7, 11) is -3.86. The number of hydrogen-bond acceptors (Lipinski definition) is 4. The zero-order valence-corrected chi connectivity index (χ0v) is 13.4. The molecule has 0 spiro atoms. The Labute approximate surface area is 126 Å². The molecule has 1 aromatic rings. The SMILES string of the molecule is CC(C)C(O)CNS(=O)(=O)c1ccc(Br)c(C(=O)O)c1. The van der Waals surface area contributed by atoms with Crippen molar-refractivity contribution in [1.29, 1.82) is 0 Å². The quantitative estimate of drug-likeness (QED) is 0.707. The zero-order chi connectivity index (χ0) is 15.5. The molecule has 6 nitrogen and oxygen atoms in total. The maximum atomic E-state index is 12.0. The summed E-state index contributed by atoms with van der Waals surface area (Å²) in [4.78, 5) is 10.8. The van der Waals surface area contributed by atoms with Gasteiger partial charge in [0.15, 0.2) is 0 Å². The fourth-order valence-corrected chi connectivity index (χ4v) is 2.84. The average molecular weight is 366 g/mol. The van der Waals surface area contributed by atoms with Crippen molar-refractivity contribution in [2.75, 3.05) is 6.54 Å². The Balaban J connectivity index is 2.99. The number of nitrogens with one attached hydrogen (secondary N) is 1. The van der Waals surface area contributed by atoms with Crippen molar-refractivity contribution in [3.05, 3.63) is 28.2 Å². The second-order valence-electron chi connectivity index (χ2n) is 4.61. The summed E-state index contributed by atoms with van der Waals surface area (Å²) in [5.74, 6) is -1.31.